The minimum atomic E-state index is -0.233. The van der Waals surface area contributed by atoms with Crippen LogP contribution in [0.3, 0.4) is 0 Å². The second-order valence-corrected chi connectivity index (χ2v) is 4.60. The summed E-state index contributed by atoms with van der Waals surface area (Å²) in [5.74, 6) is 0.263. The molecule has 1 rings (SSSR count). The Bertz CT molecular complexity index is 330. The molecule has 82 valence electrons. The van der Waals surface area contributed by atoms with E-state index >= 15 is 0 Å². The molecule has 0 aliphatic heterocycles. The molecule has 0 spiro atoms. The maximum absolute atomic E-state index is 12.2. The van der Waals surface area contributed by atoms with Crippen LogP contribution < -0.4 is 0 Å². The Hall–Kier alpha value is -1.18. The van der Waals surface area contributed by atoms with E-state index in [9.17, 15) is 4.79 Å². The van der Waals surface area contributed by atoms with E-state index in [0.717, 1.165) is 12.0 Å². The lowest BCUT2D eigenvalue weighted by Gasteiger charge is -2.25. The summed E-state index contributed by atoms with van der Waals surface area (Å²) in [5, 5.41) is 0. The number of aromatic nitrogens is 1. The predicted octanol–water partition coefficient (Wildman–Crippen LogP) is 3.19. The molecule has 0 radical (unpaired) electrons. The summed E-state index contributed by atoms with van der Waals surface area (Å²) in [4.78, 5) is 16.1. The molecule has 1 unspecified atom stereocenters. The molecule has 1 aromatic rings. The first-order chi connectivity index (χ1) is 6.99. The Morgan fingerprint density at radius 2 is 1.93 bits per heavy atom. The average molecular weight is 205 g/mol. The van der Waals surface area contributed by atoms with E-state index in [-0.39, 0.29) is 11.3 Å². The molecule has 0 amide bonds. The van der Waals surface area contributed by atoms with Gasteiger partial charge in [0.15, 0.2) is 0 Å². The lowest BCUT2D eigenvalue weighted by molar-refractivity contribution is -0.128. The first-order valence-corrected chi connectivity index (χ1v) is 5.43. The quantitative estimate of drug-likeness (QED) is 0.755. The zero-order valence-electron chi connectivity index (χ0n) is 9.95. The SMILES string of the molecule is CCC(C)(C)C(=O)C(C)c1ccncc1. The van der Waals surface area contributed by atoms with Crippen molar-refractivity contribution in [1.82, 2.24) is 4.98 Å². The molecule has 15 heavy (non-hydrogen) atoms. The third-order valence-electron chi connectivity index (χ3n) is 3.15. The van der Waals surface area contributed by atoms with E-state index in [4.69, 9.17) is 0 Å². The first kappa shape index (κ1) is 11.9. The fourth-order valence-electron chi connectivity index (χ4n) is 1.56. The van der Waals surface area contributed by atoms with Crippen LogP contribution in [-0.2, 0) is 4.79 Å². The fraction of sp³-hybridized carbons (Fsp3) is 0.538. The number of hydrogen-bond acceptors (Lipinski definition) is 2. The van der Waals surface area contributed by atoms with Gasteiger partial charge in [-0.15, -0.1) is 0 Å². The third-order valence-corrected chi connectivity index (χ3v) is 3.15. The molecule has 1 heterocycles. The van der Waals surface area contributed by atoms with Gasteiger partial charge in [0.25, 0.3) is 0 Å². The van der Waals surface area contributed by atoms with Crippen molar-refractivity contribution in [3.8, 4) is 0 Å². The summed E-state index contributed by atoms with van der Waals surface area (Å²) in [7, 11) is 0. The highest BCUT2D eigenvalue weighted by Gasteiger charge is 2.30. The van der Waals surface area contributed by atoms with Crippen molar-refractivity contribution >= 4 is 5.78 Å². The molecule has 0 saturated heterocycles. The van der Waals surface area contributed by atoms with Gasteiger partial charge in [-0.25, -0.2) is 0 Å². The predicted molar refractivity (Wildman–Crippen MR) is 61.7 cm³/mol. The molecule has 2 heteroatoms. The molecular formula is C13H19NO. The van der Waals surface area contributed by atoms with Gasteiger partial charge < -0.3 is 0 Å². The summed E-state index contributed by atoms with van der Waals surface area (Å²) in [6, 6.07) is 3.82. The zero-order valence-corrected chi connectivity index (χ0v) is 9.95. The summed E-state index contributed by atoms with van der Waals surface area (Å²) in [6.07, 6.45) is 4.34. The molecule has 1 atom stereocenters. The maximum Gasteiger partial charge on any atom is 0.145 e. The van der Waals surface area contributed by atoms with Gasteiger partial charge in [-0.1, -0.05) is 27.7 Å². The molecule has 0 aliphatic rings. The minimum Gasteiger partial charge on any atom is -0.298 e. The normalized spacial score (nSPS) is 13.6. The van der Waals surface area contributed by atoms with Gasteiger partial charge in [0.2, 0.25) is 0 Å². The average Bonchev–Trinajstić information content (AvgIpc) is 2.28. The molecular weight excluding hydrogens is 186 g/mol. The largest absolute Gasteiger partial charge is 0.298 e. The Balaban J connectivity index is 2.87. The molecule has 0 fully saturated rings. The van der Waals surface area contributed by atoms with Gasteiger partial charge in [0.1, 0.15) is 5.78 Å². The van der Waals surface area contributed by atoms with Gasteiger partial charge in [-0.3, -0.25) is 9.78 Å². The van der Waals surface area contributed by atoms with E-state index < -0.39 is 0 Å². The number of Topliss-reactive ketones (excluding diaryl/α,β-unsaturated/α-hetero) is 1. The molecule has 0 aromatic carbocycles. The number of nitrogens with zero attached hydrogens (tertiary/aromatic N) is 1. The van der Waals surface area contributed by atoms with Crippen molar-refractivity contribution in [2.24, 2.45) is 5.41 Å². The zero-order chi connectivity index (χ0) is 11.5. The van der Waals surface area contributed by atoms with Crippen LogP contribution in [0.1, 0.15) is 45.6 Å². The smallest absolute Gasteiger partial charge is 0.145 e. The number of ketones is 1. The molecule has 0 aliphatic carbocycles. The van der Waals surface area contributed by atoms with Gasteiger partial charge in [0, 0.05) is 23.7 Å². The van der Waals surface area contributed by atoms with Crippen LogP contribution in [0, 0.1) is 5.41 Å². The Labute approximate surface area is 91.7 Å². The van der Waals surface area contributed by atoms with E-state index in [1.54, 1.807) is 12.4 Å². The Kier molecular flexibility index (Phi) is 3.61. The number of pyridine rings is 1. The van der Waals surface area contributed by atoms with E-state index in [0.29, 0.717) is 5.78 Å². The van der Waals surface area contributed by atoms with Gasteiger partial charge in [0.05, 0.1) is 0 Å². The monoisotopic (exact) mass is 205 g/mol. The fourth-order valence-corrected chi connectivity index (χ4v) is 1.56. The van der Waals surface area contributed by atoms with Crippen LogP contribution in [0.15, 0.2) is 24.5 Å². The van der Waals surface area contributed by atoms with Crippen LogP contribution in [-0.4, -0.2) is 10.8 Å². The summed E-state index contributed by atoms with van der Waals surface area (Å²) in [5.41, 5.74) is 0.819. The topological polar surface area (TPSA) is 30.0 Å². The van der Waals surface area contributed by atoms with Crippen LogP contribution in [0.2, 0.25) is 0 Å². The van der Waals surface area contributed by atoms with Crippen molar-refractivity contribution in [2.75, 3.05) is 0 Å². The number of carbonyl (C=O) groups excluding carboxylic acids is 1. The van der Waals surface area contributed by atoms with Crippen molar-refractivity contribution < 1.29 is 4.79 Å². The highest BCUT2D eigenvalue weighted by atomic mass is 16.1. The van der Waals surface area contributed by atoms with E-state index in [1.165, 1.54) is 0 Å². The molecule has 0 bridgehead atoms. The highest BCUT2D eigenvalue weighted by Crippen LogP contribution is 2.29. The van der Waals surface area contributed by atoms with Crippen LogP contribution in [0.25, 0.3) is 0 Å². The standard InChI is InChI=1S/C13H19NO/c1-5-13(3,4)12(15)10(2)11-6-8-14-9-7-11/h6-10H,5H2,1-4H3. The van der Waals surface area contributed by atoms with Crippen molar-refractivity contribution in [1.29, 1.82) is 0 Å². The Morgan fingerprint density at radius 1 is 1.40 bits per heavy atom. The molecule has 0 N–H and O–H groups in total. The lowest BCUT2D eigenvalue weighted by atomic mass is 9.78. The highest BCUT2D eigenvalue weighted by molar-refractivity contribution is 5.90. The summed E-state index contributed by atoms with van der Waals surface area (Å²) in [6.45, 7) is 8.03. The summed E-state index contributed by atoms with van der Waals surface area (Å²) < 4.78 is 0. The van der Waals surface area contributed by atoms with Gasteiger partial charge in [-0.05, 0) is 24.1 Å². The van der Waals surface area contributed by atoms with Crippen molar-refractivity contribution in [3.63, 3.8) is 0 Å². The van der Waals surface area contributed by atoms with E-state index in [2.05, 4.69) is 11.9 Å². The van der Waals surface area contributed by atoms with Crippen molar-refractivity contribution in [3.05, 3.63) is 30.1 Å². The summed E-state index contributed by atoms with van der Waals surface area (Å²) >= 11 is 0. The second-order valence-electron chi connectivity index (χ2n) is 4.60. The minimum absolute atomic E-state index is 0.0389. The lowest BCUT2D eigenvalue weighted by Crippen LogP contribution is -2.27. The van der Waals surface area contributed by atoms with Gasteiger partial charge >= 0.3 is 0 Å². The number of rotatable bonds is 4. The van der Waals surface area contributed by atoms with Crippen LogP contribution in [0.5, 0.6) is 0 Å². The Morgan fingerprint density at radius 3 is 2.40 bits per heavy atom. The van der Waals surface area contributed by atoms with Crippen LogP contribution in [0.4, 0.5) is 0 Å². The third kappa shape index (κ3) is 2.65. The maximum atomic E-state index is 12.2. The number of hydrogen-bond donors (Lipinski definition) is 0. The van der Waals surface area contributed by atoms with Gasteiger partial charge in [-0.2, -0.15) is 0 Å². The first-order valence-electron chi connectivity index (χ1n) is 5.43. The second kappa shape index (κ2) is 4.56. The molecule has 1 aromatic heterocycles. The number of carbonyl (C=O) groups is 1. The molecule has 2 nitrogen and oxygen atoms in total. The van der Waals surface area contributed by atoms with Crippen molar-refractivity contribution in [2.45, 2.75) is 40.0 Å². The van der Waals surface area contributed by atoms with Crippen LogP contribution >= 0.6 is 0 Å². The molecule has 0 saturated carbocycles. The van der Waals surface area contributed by atoms with E-state index in [1.807, 2.05) is 32.9 Å².